The first-order valence-corrected chi connectivity index (χ1v) is 6.66. The number of piperidine rings is 1. The Balaban J connectivity index is 2.32. The molecule has 0 aromatic rings. The second-order valence-electron chi connectivity index (χ2n) is 5.10. The summed E-state index contributed by atoms with van der Waals surface area (Å²) in [6.45, 7) is 5.25. The van der Waals surface area contributed by atoms with Crippen molar-refractivity contribution in [3.63, 3.8) is 0 Å². The van der Waals surface area contributed by atoms with E-state index in [4.69, 9.17) is 5.26 Å². The second kappa shape index (κ2) is 7.57. The Hall–Kier alpha value is -1.83. The fourth-order valence-corrected chi connectivity index (χ4v) is 1.98. The van der Waals surface area contributed by atoms with Gasteiger partial charge in [0.15, 0.2) is 0 Å². The fourth-order valence-electron chi connectivity index (χ4n) is 1.98. The number of nitriles is 1. The number of hydrogen-bond donors (Lipinski definition) is 1. The topological polar surface area (TPSA) is 73.2 Å². The van der Waals surface area contributed by atoms with E-state index in [-0.39, 0.29) is 24.3 Å². The Kier molecular flexibility index (Phi) is 6.07. The van der Waals surface area contributed by atoms with Crippen molar-refractivity contribution < 1.29 is 9.59 Å². The van der Waals surface area contributed by atoms with Crippen molar-refractivity contribution in [2.45, 2.75) is 39.2 Å². The van der Waals surface area contributed by atoms with Crippen LogP contribution in [0.3, 0.4) is 0 Å². The maximum absolute atomic E-state index is 11.6. The first-order chi connectivity index (χ1) is 9.02. The number of nitrogens with one attached hydrogen (secondary N) is 1. The zero-order chi connectivity index (χ0) is 14.3. The minimum Gasteiger partial charge on any atom is -0.350 e. The van der Waals surface area contributed by atoms with Crippen molar-refractivity contribution >= 4 is 11.8 Å². The van der Waals surface area contributed by atoms with E-state index in [1.165, 1.54) is 0 Å². The lowest BCUT2D eigenvalue weighted by Crippen LogP contribution is -2.46. The van der Waals surface area contributed by atoms with Gasteiger partial charge >= 0.3 is 0 Å². The fraction of sp³-hybridized carbons (Fsp3) is 0.643. The quantitative estimate of drug-likeness (QED) is 0.775. The first-order valence-electron chi connectivity index (χ1n) is 6.66. The van der Waals surface area contributed by atoms with Crippen LogP contribution in [0.25, 0.3) is 0 Å². The second-order valence-corrected chi connectivity index (χ2v) is 5.10. The zero-order valence-electron chi connectivity index (χ0n) is 11.6. The van der Waals surface area contributed by atoms with E-state index in [1.54, 1.807) is 11.0 Å². The molecule has 1 heterocycles. The third kappa shape index (κ3) is 5.56. The average molecular weight is 263 g/mol. The van der Waals surface area contributed by atoms with E-state index >= 15 is 0 Å². The molecule has 0 saturated carbocycles. The van der Waals surface area contributed by atoms with Crippen LogP contribution in [0.15, 0.2) is 12.2 Å². The summed E-state index contributed by atoms with van der Waals surface area (Å²) in [6.07, 6.45) is 4.86. The number of carbonyl (C=O) groups is 2. The molecule has 5 nitrogen and oxygen atoms in total. The molecule has 19 heavy (non-hydrogen) atoms. The molecule has 1 rings (SSSR count). The number of hydrogen-bond acceptors (Lipinski definition) is 3. The van der Waals surface area contributed by atoms with Gasteiger partial charge in [0, 0.05) is 19.1 Å². The van der Waals surface area contributed by atoms with Gasteiger partial charge in [-0.3, -0.25) is 9.59 Å². The minimum atomic E-state index is -0.119. The molecule has 104 valence electrons. The lowest BCUT2D eigenvalue weighted by molar-refractivity contribution is -0.131. The molecule has 1 fully saturated rings. The Morgan fingerprint density at radius 3 is 2.58 bits per heavy atom. The molecule has 0 radical (unpaired) electrons. The van der Waals surface area contributed by atoms with Gasteiger partial charge in [0.2, 0.25) is 11.8 Å². The molecular weight excluding hydrogens is 242 g/mol. The Morgan fingerprint density at radius 2 is 2.05 bits per heavy atom. The van der Waals surface area contributed by atoms with Crippen molar-refractivity contribution in [2.75, 3.05) is 13.1 Å². The molecule has 0 unspecified atom stereocenters. The summed E-state index contributed by atoms with van der Waals surface area (Å²) >= 11 is 0. The van der Waals surface area contributed by atoms with E-state index < -0.39 is 0 Å². The highest BCUT2D eigenvalue weighted by Crippen LogP contribution is 2.11. The SMILES string of the molecule is CC(C)/C=C/C(=O)NC1CCN(C(=O)CC#N)CC1. The van der Waals surface area contributed by atoms with Crippen LogP contribution < -0.4 is 5.32 Å². The van der Waals surface area contributed by atoms with E-state index in [2.05, 4.69) is 5.32 Å². The summed E-state index contributed by atoms with van der Waals surface area (Å²) in [6, 6.07) is 1.99. The highest BCUT2D eigenvalue weighted by Gasteiger charge is 2.22. The summed E-state index contributed by atoms with van der Waals surface area (Å²) < 4.78 is 0. The van der Waals surface area contributed by atoms with Crippen LogP contribution in [-0.2, 0) is 9.59 Å². The van der Waals surface area contributed by atoms with Gasteiger partial charge in [-0.25, -0.2) is 0 Å². The maximum Gasteiger partial charge on any atom is 0.243 e. The van der Waals surface area contributed by atoms with E-state index in [1.807, 2.05) is 26.0 Å². The number of nitrogens with zero attached hydrogens (tertiary/aromatic N) is 2. The zero-order valence-corrected chi connectivity index (χ0v) is 11.6. The molecule has 0 aromatic carbocycles. The van der Waals surface area contributed by atoms with Crippen molar-refractivity contribution in [3.8, 4) is 6.07 Å². The number of carbonyl (C=O) groups excluding carboxylic acids is 2. The van der Waals surface area contributed by atoms with Gasteiger partial charge in [-0.2, -0.15) is 5.26 Å². The summed E-state index contributed by atoms with van der Waals surface area (Å²) in [5, 5.41) is 11.4. The van der Waals surface area contributed by atoms with Crippen LogP contribution in [-0.4, -0.2) is 35.8 Å². The van der Waals surface area contributed by atoms with Gasteiger partial charge < -0.3 is 10.2 Å². The van der Waals surface area contributed by atoms with Gasteiger partial charge in [-0.1, -0.05) is 19.9 Å². The highest BCUT2D eigenvalue weighted by molar-refractivity contribution is 5.87. The molecule has 0 aromatic heterocycles. The van der Waals surface area contributed by atoms with Crippen LogP contribution in [0.1, 0.15) is 33.1 Å². The molecular formula is C14H21N3O2. The Labute approximate surface area is 114 Å². The normalized spacial score (nSPS) is 16.6. The van der Waals surface area contributed by atoms with Crippen LogP contribution in [0.2, 0.25) is 0 Å². The van der Waals surface area contributed by atoms with Crippen LogP contribution in [0.5, 0.6) is 0 Å². The molecule has 0 aliphatic carbocycles. The molecule has 1 aliphatic heterocycles. The number of likely N-dealkylation sites (tertiary alicyclic amines) is 1. The largest absolute Gasteiger partial charge is 0.350 e. The third-order valence-corrected chi connectivity index (χ3v) is 3.06. The molecule has 1 N–H and O–H groups in total. The smallest absolute Gasteiger partial charge is 0.243 e. The molecule has 0 atom stereocenters. The van der Waals surface area contributed by atoms with Crippen molar-refractivity contribution in [3.05, 3.63) is 12.2 Å². The van der Waals surface area contributed by atoms with Crippen LogP contribution in [0, 0.1) is 17.2 Å². The van der Waals surface area contributed by atoms with Crippen molar-refractivity contribution in [1.82, 2.24) is 10.2 Å². The first kappa shape index (κ1) is 15.2. The van der Waals surface area contributed by atoms with Gasteiger partial charge in [-0.05, 0) is 24.8 Å². The van der Waals surface area contributed by atoms with Crippen LogP contribution >= 0.6 is 0 Å². The number of rotatable bonds is 4. The average Bonchev–Trinajstić information content (AvgIpc) is 2.37. The molecule has 0 spiro atoms. The van der Waals surface area contributed by atoms with E-state index in [0.717, 1.165) is 12.8 Å². The van der Waals surface area contributed by atoms with Gasteiger partial charge in [0.25, 0.3) is 0 Å². The van der Waals surface area contributed by atoms with Gasteiger partial charge in [0.05, 0.1) is 6.07 Å². The van der Waals surface area contributed by atoms with Crippen molar-refractivity contribution in [2.24, 2.45) is 5.92 Å². The molecule has 1 saturated heterocycles. The Bertz CT molecular complexity index is 388. The predicted octanol–water partition coefficient (Wildman–Crippen LogP) is 1.22. The Morgan fingerprint density at radius 1 is 1.42 bits per heavy atom. The number of allylic oxidation sites excluding steroid dienone is 1. The molecule has 0 bridgehead atoms. The van der Waals surface area contributed by atoms with Gasteiger partial charge in [-0.15, -0.1) is 0 Å². The molecule has 5 heteroatoms. The highest BCUT2D eigenvalue weighted by atomic mass is 16.2. The maximum atomic E-state index is 11.6. The molecule has 1 aliphatic rings. The van der Waals surface area contributed by atoms with E-state index in [9.17, 15) is 9.59 Å². The third-order valence-electron chi connectivity index (χ3n) is 3.06. The number of amides is 2. The van der Waals surface area contributed by atoms with Gasteiger partial charge in [0.1, 0.15) is 6.42 Å². The monoisotopic (exact) mass is 263 g/mol. The van der Waals surface area contributed by atoms with Crippen molar-refractivity contribution in [1.29, 1.82) is 5.26 Å². The summed E-state index contributed by atoms with van der Waals surface area (Å²) in [5.74, 6) is 0.165. The lowest BCUT2D eigenvalue weighted by Gasteiger charge is -2.31. The predicted molar refractivity (Wildman–Crippen MR) is 72.0 cm³/mol. The minimum absolute atomic E-state index is 0.0614. The summed E-state index contributed by atoms with van der Waals surface area (Å²) in [7, 11) is 0. The lowest BCUT2D eigenvalue weighted by atomic mass is 10.0. The summed E-state index contributed by atoms with van der Waals surface area (Å²) in [5.41, 5.74) is 0. The van der Waals surface area contributed by atoms with E-state index in [0.29, 0.717) is 19.0 Å². The molecule has 2 amide bonds. The van der Waals surface area contributed by atoms with Crippen LogP contribution in [0.4, 0.5) is 0 Å². The summed E-state index contributed by atoms with van der Waals surface area (Å²) in [4.78, 5) is 24.8. The standard InChI is InChI=1S/C14H21N3O2/c1-11(2)3-4-13(18)16-12-6-9-17(10-7-12)14(19)5-8-15/h3-4,11-12H,5-7,9-10H2,1-2H3,(H,16,18)/b4-3+.